The monoisotopic (exact) mass is 502 g/mol. The van der Waals surface area contributed by atoms with Crippen LogP contribution in [0.15, 0.2) is 28.2 Å². The van der Waals surface area contributed by atoms with Crippen molar-refractivity contribution < 1.29 is 14.2 Å². The second-order valence-electron chi connectivity index (χ2n) is 11.9. The summed E-state index contributed by atoms with van der Waals surface area (Å²) in [4.78, 5) is 40.4. The molecule has 0 amide bonds. The lowest BCUT2D eigenvalue weighted by Crippen LogP contribution is -2.52. The average Bonchev–Trinajstić information content (AvgIpc) is 3.22. The van der Waals surface area contributed by atoms with Crippen molar-refractivity contribution in [2.45, 2.75) is 83.6 Å². The molecule has 4 heterocycles. The minimum absolute atomic E-state index is 0.253. The quantitative estimate of drug-likeness (QED) is 0.632. The largest absolute Gasteiger partial charge is 0.373 e. The second kappa shape index (κ2) is 8.97. The van der Waals surface area contributed by atoms with Gasteiger partial charge in [0.1, 0.15) is 35.7 Å². The zero-order chi connectivity index (χ0) is 26.6. The normalized spacial score (nSPS) is 26.0. The summed E-state index contributed by atoms with van der Waals surface area (Å²) >= 11 is 0. The lowest BCUT2D eigenvalue weighted by Gasteiger charge is -2.39. The van der Waals surface area contributed by atoms with E-state index >= 15 is 0 Å². The Morgan fingerprint density at radius 2 is 1.86 bits per heavy atom. The summed E-state index contributed by atoms with van der Waals surface area (Å²) in [6.07, 6.45) is 1.89. The predicted octanol–water partition coefficient (Wildman–Crippen LogP) is 1.86. The number of morpholine rings is 1. The Morgan fingerprint density at radius 3 is 2.47 bits per heavy atom. The fourth-order valence-electron chi connectivity index (χ4n) is 4.70. The number of nitrogens with one attached hydrogen (secondary N) is 1. The molecular weight excluding hydrogens is 464 g/mol. The van der Waals surface area contributed by atoms with E-state index in [0.29, 0.717) is 17.9 Å². The van der Waals surface area contributed by atoms with Gasteiger partial charge in [0.25, 0.3) is 5.56 Å². The highest BCUT2D eigenvalue weighted by Gasteiger charge is 2.66. The standard InChI is InChI=1S/C25H38N6O5/c1-15-11-30(22(33)28-20(15)32)21-18-19(35-24(5,6)7)25(36-21,13-34-23(2,3)4)12-31(18)17-10-16(29(8)9)26-14-27-17/h10-11,14,18-19,21H,12-13H2,1-9H3,(H,28,32,33)/t18-,19+,21-,25-/m1/s1. The molecule has 4 rings (SSSR count). The summed E-state index contributed by atoms with van der Waals surface area (Å²) in [6, 6.07) is 1.49. The van der Waals surface area contributed by atoms with Crippen LogP contribution in [0.5, 0.6) is 0 Å². The van der Waals surface area contributed by atoms with E-state index in [-0.39, 0.29) is 6.61 Å². The van der Waals surface area contributed by atoms with Gasteiger partial charge in [0.05, 0.1) is 24.4 Å². The van der Waals surface area contributed by atoms with Gasteiger partial charge in [0, 0.05) is 31.9 Å². The number of aryl methyl sites for hydroxylation is 1. The Kier molecular flexibility index (Phi) is 6.55. The highest BCUT2D eigenvalue weighted by molar-refractivity contribution is 5.53. The molecule has 2 aromatic heterocycles. The Hall–Kier alpha value is -2.76. The van der Waals surface area contributed by atoms with Crippen molar-refractivity contribution in [2.24, 2.45) is 0 Å². The third-order valence-corrected chi connectivity index (χ3v) is 6.31. The molecule has 0 radical (unpaired) electrons. The van der Waals surface area contributed by atoms with Gasteiger partial charge in [-0.3, -0.25) is 14.3 Å². The smallest absolute Gasteiger partial charge is 0.330 e. The summed E-state index contributed by atoms with van der Waals surface area (Å²) in [5.74, 6) is 1.45. The van der Waals surface area contributed by atoms with Gasteiger partial charge < -0.3 is 24.0 Å². The molecule has 0 spiro atoms. The number of fused-ring (bicyclic) bond motifs is 2. The van der Waals surface area contributed by atoms with Crippen LogP contribution in [0.4, 0.5) is 11.6 Å². The summed E-state index contributed by atoms with van der Waals surface area (Å²) in [5, 5.41) is 0. The number of nitrogens with zero attached hydrogens (tertiary/aromatic N) is 5. The molecule has 0 aliphatic carbocycles. The average molecular weight is 503 g/mol. The van der Waals surface area contributed by atoms with Crippen LogP contribution in [0.3, 0.4) is 0 Å². The van der Waals surface area contributed by atoms with Crippen LogP contribution >= 0.6 is 0 Å². The van der Waals surface area contributed by atoms with Crippen LogP contribution in [-0.2, 0) is 14.2 Å². The molecule has 0 saturated carbocycles. The second-order valence-corrected chi connectivity index (χ2v) is 11.9. The summed E-state index contributed by atoms with van der Waals surface area (Å²) in [5.41, 5.74) is -2.34. The maximum absolute atomic E-state index is 13.0. The molecule has 2 bridgehead atoms. The zero-order valence-corrected chi connectivity index (χ0v) is 22.7. The minimum Gasteiger partial charge on any atom is -0.373 e. The van der Waals surface area contributed by atoms with Crippen LogP contribution in [0.1, 0.15) is 53.3 Å². The van der Waals surface area contributed by atoms with Crippen molar-refractivity contribution in [1.29, 1.82) is 0 Å². The number of anilines is 2. The zero-order valence-electron chi connectivity index (χ0n) is 22.7. The van der Waals surface area contributed by atoms with E-state index in [2.05, 4.69) is 19.9 Å². The lowest BCUT2D eigenvalue weighted by atomic mass is 9.98. The maximum atomic E-state index is 13.0. The molecular formula is C25H38N6O5. The summed E-state index contributed by atoms with van der Waals surface area (Å²) in [7, 11) is 3.84. The number of ether oxygens (including phenoxy) is 3. The molecule has 2 fully saturated rings. The molecule has 36 heavy (non-hydrogen) atoms. The third kappa shape index (κ3) is 5.05. The van der Waals surface area contributed by atoms with E-state index in [4.69, 9.17) is 14.2 Å². The van der Waals surface area contributed by atoms with Crippen molar-refractivity contribution in [1.82, 2.24) is 19.5 Å². The molecule has 4 atom stereocenters. The van der Waals surface area contributed by atoms with E-state index in [1.807, 2.05) is 66.6 Å². The van der Waals surface area contributed by atoms with E-state index in [1.165, 1.54) is 10.9 Å². The summed E-state index contributed by atoms with van der Waals surface area (Å²) in [6.45, 7) is 14.3. The Bertz CT molecular complexity index is 1230. The third-order valence-electron chi connectivity index (χ3n) is 6.31. The predicted molar refractivity (Wildman–Crippen MR) is 137 cm³/mol. The van der Waals surface area contributed by atoms with Gasteiger partial charge in [0.2, 0.25) is 0 Å². The molecule has 198 valence electrons. The molecule has 2 saturated heterocycles. The van der Waals surface area contributed by atoms with E-state index in [0.717, 1.165) is 5.82 Å². The first-order chi connectivity index (χ1) is 16.6. The molecule has 11 heteroatoms. The number of rotatable bonds is 6. The van der Waals surface area contributed by atoms with Crippen LogP contribution < -0.4 is 21.0 Å². The van der Waals surface area contributed by atoms with Crippen LogP contribution in [0.2, 0.25) is 0 Å². The number of aromatic amines is 1. The Morgan fingerprint density at radius 1 is 1.17 bits per heavy atom. The first-order valence-corrected chi connectivity index (χ1v) is 12.2. The molecule has 0 aromatic carbocycles. The molecule has 2 aliphatic rings. The Balaban J connectivity index is 1.87. The molecule has 2 aromatic rings. The molecule has 2 aliphatic heterocycles. The van der Waals surface area contributed by atoms with Gasteiger partial charge in [-0.05, 0) is 48.5 Å². The molecule has 11 nitrogen and oxygen atoms in total. The van der Waals surface area contributed by atoms with E-state index < -0.39 is 46.4 Å². The van der Waals surface area contributed by atoms with Crippen molar-refractivity contribution >= 4 is 11.6 Å². The van der Waals surface area contributed by atoms with Crippen molar-refractivity contribution in [3.05, 3.63) is 45.0 Å². The highest BCUT2D eigenvalue weighted by Crippen LogP contribution is 2.50. The van der Waals surface area contributed by atoms with E-state index in [1.54, 1.807) is 13.1 Å². The lowest BCUT2D eigenvalue weighted by molar-refractivity contribution is -0.183. The first kappa shape index (κ1) is 26.3. The van der Waals surface area contributed by atoms with Crippen molar-refractivity contribution in [3.63, 3.8) is 0 Å². The van der Waals surface area contributed by atoms with Gasteiger partial charge in [-0.2, -0.15) is 0 Å². The number of hydrogen-bond donors (Lipinski definition) is 1. The SMILES string of the molecule is Cc1cn([C@@H]2O[C@@]3(COC(C)(C)C)CN(c4cc(N(C)C)ncn4)[C@@H]2[C@@H]3OC(C)(C)C)c(=O)[nH]c1=O. The van der Waals surface area contributed by atoms with Gasteiger partial charge in [-0.1, -0.05) is 0 Å². The fourth-order valence-corrected chi connectivity index (χ4v) is 4.70. The van der Waals surface area contributed by atoms with Crippen molar-refractivity contribution in [2.75, 3.05) is 37.0 Å². The van der Waals surface area contributed by atoms with Gasteiger partial charge >= 0.3 is 5.69 Å². The van der Waals surface area contributed by atoms with Crippen LogP contribution in [-0.4, -0.2) is 75.7 Å². The molecule has 0 unspecified atom stereocenters. The number of hydrogen-bond acceptors (Lipinski definition) is 9. The van der Waals surface area contributed by atoms with Crippen LogP contribution in [0, 0.1) is 6.92 Å². The van der Waals surface area contributed by atoms with Crippen LogP contribution in [0.25, 0.3) is 0 Å². The fraction of sp³-hybridized carbons (Fsp3) is 0.680. The van der Waals surface area contributed by atoms with Gasteiger partial charge in [0.15, 0.2) is 6.23 Å². The van der Waals surface area contributed by atoms with Gasteiger partial charge in [-0.15, -0.1) is 0 Å². The highest BCUT2D eigenvalue weighted by atomic mass is 16.6. The minimum atomic E-state index is -0.886. The summed E-state index contributed by atoms with van der Waals surface area (Å²) < 4.78 is 21.0. The first-order valence-electron chi connectivity index (χ1n) is 12.2. The number of H-pyrrole nitrogens is 1. The molecule has 1 N–H and O–H groups in total. The van der Waals surface area contributed by atoms with Gasteiger partial charge in [-0.25, -0.2) is 14.8 Å². The van der Waals surface area contributed by atoms with E-state index in [9.17, 15) is 9.59 Å². The Labute approximate surface area is 211 Å². The van der Waals surface area contributed by atoms with Crippen molar-refractivity contribution in [3.8, 4) is 0 Å². The topological polar surface area (TPSA) is 115 Å². The number of aromatic nitrogens is 4. The maximum Gasteiger partial charge on any atom is 0.330 e.